The van der Waals surface area contributed by atoms with Gasteiger partial charge < -0.3 is 10.5 Å². The van der Waals surface area contributed by atoms with Crippen LogP contribution in [0.5, 0.6) is 5.75 Å². The van der Waals surface area contributed by atoms with Crippen LogP contribution in [0.25, 0.3) is 0 Å². The molecule has 0 aromatic heterocycles. The number of nitrogens with two attached hydrogens (primary N) is 1. The lowest BCUT2D eigenvalue weighted by atomic mass is 10.1. The molecule has 0 bridgehead atoms. The maximum atomic E-state index is 12.8. The van der Waals surface area contributed by atoms with Crippen molar-refractivity contribution in [2.24, 2.45) is 5.73 Å². The zero-order valence-corrected chi connectivity index (χ0v) is 13.3. The highest BCUT2D eigenvalue weighted by molar-refractivity contribution is 7.92. The van der Waals surface area contributed by atoms with Crippen LogP contribution in [0.2, 0.25) is 0 Å². The Morgan fingerprint density at radius 3 is 2.26 bits per heavy atom. The van der Waals surface area contributed by atoms with Gasteiger partial charge >= 0.3 is 0 Å². The molecule has 1 aliphatic carbocycles. The number of benzene rings is 2. The molecule has 0 unspecified atom stereocenters. The lowest BCUT2D eigenvalue weighted by Gasteiger charge is -2.04. The second-order valence-corrected chi connectivity index (χ2v) is 7.64. The van der Waals surface area contributed by atoms with E-state index in [0.29, 0.717) is 5.75 Å². The Bertz CT molecular complexity index is 857. The van der Waals surface area contributed by atoms with Crippen LogP contribution in [-0.4, -0.2) is 26.3 Å². The Kier molecular flexibility index (Phi) is 3.63. The maximum Gasteiger partial charge on any atom is 0.184 e. The SMILES string of the molecule is COc1ccc([C@@H]2[C@H](S(=O)(=O)c3ccccc3)[C@@]2(N)C#N)cc1. The fourth-order valence-corrected chi connectivity index (χ4v) is 5.17. The fraction of sp³-hybridized carbons (Fsp3) is 0.235. The first-order valence-corrected chi connectivity index (χ1v) is 8.63. The quantitative estimate of drug-likeness (QED) is 0.924. The molecule has 0 spiro atoms. The minimum absolute atomic E-state index is 0.186. The molecule has 23 heavy (non-hydrogen) atoms. The third kappa shape index (κ3) is 2.38. The van der Waals surface area contributed by atoms with E-state index in [-0.39, 0.29) is 4.90 Å². The Morgan fingerprint density at radius 1 is 1.13 bits per heavy atom. The van der Waals surface area contributed by atoms with Crippen molar-refractivity contribution in [1.29, 1.82) is 5.26 Å². The molecule has 3 rings (SSSR count). The van der Waals surface area contributed by atoms with E-state index < -0.39 is 26.5 Å². The van der Waals surface area contributed by atoms with E-state index >= 15 is 0 Å². The zero-order valence-electron chi connectivity index (χ0n) is 12.5. The van der Waals surface area contributed by atoms with Gasteiger partial charge in [0, 0.05) is 5.92 Å². The first-order chi connectivity index (χ1) is 10.9. The molecule has 2 aromatic carbocycles. The number of ether oxygens (including phenoxy) is 1. The first-order valence-electron chi connectivity index (χ1n) is 7.08. The van der Waals surface area contributed by atoms with Gasteiger partial charge in [-0.1, -0.05) is 30.3 Å². The molecular weight excluding hydrogens is 312 g/mol. The van der Waals surface area contributed by atoms with Gasteiger partial charge in [-0.15, -0.1) is 0 Å². The Morgan fingerprint density at radius 2 is 1.74 bits per heavy atom. The van der Waals surface area contributed by atoms with Gasteiger partial charge in [0.2, 0.25) is 0 Å². The van der Waals surface area contributed by atoms with Gasteiger partial charge in [0.05, 0.1) is 18.1 Å². The van der Waals surface area contributed by atoms with Crippen molar-refractivity contribution in [2.75, 3.05) is 7.11 Å². The van der Waals surface area contributed by atoms with E-state index in [2.05, 4.69) is 0 Å². The second-order valence-electron chi connectivity index (χ2n) is 5.57. The summed E-state index contributed by atoms with van der Waals surface area (Å²) in [5.74, 6) is 0.111. The van der Waals surface area contributed by atoms with E-state index in [1.807, 2.05) is 6.07 Å². The van der Waals surface area contributed by atoms with Crippen LogP contribution in [0.15, 0.2) is 59.5 Å². The Labute approximate surface area is 135 Å². The number of hydrogen-bond donors (Lipinski definition) is 1. The third-order valence-corrected chi connectivity index (χ3v) is 6.51. The summed E-state index contributed by atoms with van der Waals surface area (Å²) in [4.78, 5) is 0.186. The monoisotopic (exact) mass is 328 g/mol. The average Bonchev–Trinajstić information content (AvgIpc) is 3.23. The number of methoxy groups -OCH3 is 1. The molecule has 2 aromatic rings. The number of sulfone groups is 1. The molecule has 0 saturated heterocycles. The van der Waals surface area contributed by atoms with Crippen molar-refractivity contribution in [3.63, 3.8) is 0 Å². The van der Waals surface area contributed by atoms with Crippen molar-refractivity contribution in [1.82, 2.24) is 0 Å². The van der Waals surface area contributed by atoms with E-state index in [1.54, 1.807) is 49.6 Å². The van der Waals surface area contributed by atoms with E-state index in [4.69, 9.17) is 10.5 Å². The molecular formula is C17H16N2O3S. The van der Waals surface area contributed by atoms with Crippen LogP contribution in [0, 0.1) is 11.3 Å². The van der Waals surface area contributed by atoms with Crippen LogP contribution in [0.4, 0.5) is 0 Å². The van der Waals surface area contributed by atoms with Crippen molar-refractivity contribution < 1.29 is 13.2 Å². The Hall–Kier alpha value is -2.36. The molecule has 5 nitrogen and oxygen atoms in total. The predicted octanol–water partition coefficient (Wildman–Crippen LogP) is 1.86. The van der Waals surface area contributed by atoms with Crippen molar-refractivity contribution in [3.05, 3.63) is 60.2 Å². The number of nitriles is 1. The van der Waals surface area contributed by atoms with Crippen LogP contribution in [0.1, 0.15) is 11.5 Å². The summed E-state index contributed by atoms with van der Waals surface area (Å²) in [6, 6.07) is 17.1. The minimum atomic E-state index is -3.68. The largest absolute Gasteiger partial charge is 0.497 e. The number of rotatable bonds is 4. The Balaban J connectivity index is 2.01. The maximum absolute atomic E-state index is 12.8. The molecule has 0 aliphatic heterocycles. The standard InChI is InChI=1S/C17H16N2O3S/c1-22-13-9-7-12(8-10-13)15-16(17(15,19)11-18)23(20,21)14-5-3-2-4-6-14/h2-10,15-16H,19H2,1H3/t15-,16+,17-/m1/s1. The highest BCUT2D eigenvalue weighted by Gasteiger charge is 2.70. The van der Waals surface area contributed by atoms with Gasteiger partial charge in [-0.2, -0.15) is 5.26 Å². The topological polar surface area (TPSA) is 93.2 Å². The second kappa shape index (κ2) is 5.37. The average molecular weight is 328 g/mol. The van der Waals surface area contributed by atoms with Crippen molar-refractivity contribution in [2.45, 2.75) is 21.6 Å². The summed E-state index contributed by atoms with van der Waals surface area (Å²) in [6.45, 7) is 0. The summed E-state index contributed by atoms with van der Waals surface area (Å²) < 4.78 is 30.7. The van der Waals surface area contributed by atoms with Crippen molar-refractivity contribution >= 4 is 9.84 Å². The highest BCUT2D eigenvalue weighted by atomic mass is 32.2. The van der Waals surface area contributed by atoms with Gasteiger partial charge in [-0.3, -0.25) is 0 Å². The summed E-state index contributed by atoms with van der Waals surface area (Å²) in [6.07, 6.45) is 0. The van der Waals surface area contributed by atoms with Crippen LogP contribution < -0.4 is 10.5 Å². The third-order valence-electron chi connectivity index (χ3n) is 4.25. The van der Waals surface area contributed by atoms with Crippen molar-refractivity contribution in [3.8, 4) is 11.8 Å². The van der Waals surface area contributed by atoms with Gasteiger partial charge in [0.15, 0.2) is 9.84 Å². The molecule has 118 valence electrons. The smallest absolute Gasteiger partial charge is 0.184 e. The summed E-state index contributed by atoms with van der Waals surface area (Å²) >= 11 is 0. The minimum Gasteiger partial charge on any atom is -0.497 e. The molecule has 0 radical (unpaired) electrons. The zero-order chi connectivity index (χ0) is 16.7. The molecule has 0 heterocycles. The fourth-order valence-electron chi connectivity index (χ4n) is 2.96. The lowest BCUT2D eigenvalue weighted by Crippen LogP contribution is -2.29. The van der Waals surface area contributed by atoms with Gasteiger partial charge in [-0.05, 0) is 29.8 Å². The molecule has 1 aliphatic rings. The molecule has 2 N–H and O–H groups in total. The molecule has 1 fully saturated rings. The van der Waals surface area contributed by atoms with Gasteiger partial charge in [-0.25, -0.2) is 8.42 Å². The molecule has 1 saturated carbocycles. The van der Waals surface area contributed by atoms with E-state index in [9.17, 15) is 13.7 Å². The van der Waals surface area contributed by atoms with E-state index in [0.717, 1.165) is 5.56 Å². The van der Waals surface area contributed by atoms with E-state index in [1.165, 1.54) is 12.1 Å². The normalized spacial score (nSPS) is 26.3. The molecule has 6 heteroatoms. The first kappa shape index (κ1) is 15.5. The van der Waals surface area contributed by atoms with Crippen LogP contribution >= 0.6 is 0 Å². The molecule has 0 amide bonds. The number of nitrogens with zero attached hydrogens (tertiary/aromatic N) is 1. The molecule has 3 atom stereocenters. The summed E-state index contributed by atoms with van der Waals surface area (Å²) in [5, 5.41) is 8.47. The van der Waals surface area contributed by atoms with Crippen LogP contribution in [0.3, 0.4) is 0 Å². The van der Waals surface area contributed by atoms with Gasteiger partial charge in [0.1, 0.15) is 16.5 Å². The predicted molar refractivity (Wildman–Crippen MR) is 85.7 cm³/mol. The number of hydrogen-bond acceptors (Lipinski definition) is 5. The summed E-state index contributed by atoms with van der Waals surface area (Å²) in [7, 11) is -2.12. The highest BCUT2D eigenvalue weighted by Crippen LogP contribution is 2.55. The summed E-state index contributed by atoms with van der Waals surface area (Å²) in [5.41, 5.74) is 5.40. The van der Waals surface area contributed by atoms with Crippen LogP contribution in [-0.2, 0) is 9.84 Å². The lowest BCUT2D eigenvalue weighted by molar-refractivity contribution is 0.414. The van der Waals surface area contributed by atoms with Gasteiger partial charge in [0.25, 0.3) is 0 Å².